The second-order valence-corrected chi connectivity index (χ2v) is 6.20. The number of nitrogens with two attached hydrogens (primary N) is 1. The molecule has 5 heteroatoms. The van der Waals surface area contributed by atoms with E-state index in [1.165, 1.54) is 6.42 Å². The summed E-state index contributed by atoms with van der Waals surface area (Å²) in [7, 11) is 4.18. The van der Waals surface area contributed by atoms with Crippen molar-refractivity contribution < 1.29 is 4.39 Å². The molecule has 1 atom stereocenters. The third-order valence-electron chi connectivity index (χ3n) is 3.84. The number of rotatable bonds is 5. The maximum Gasteiger partial charge on any atom is 0.137 e. The SMILES string of the molecule is CN1CCC(CN(C)Cc2cccc(C(N)=S)c2F)C1. The van der Waals surface area contributed by atoms with Gasteiger partial charge in [-0.1, -0.05) is 24.4 Å². The van der Waals surface area contributed by atoms with Crippen LogP contribution in [0.25, 0.3) is 0 Å². The third-order valence-corrected chi connectivity index (χ3v) is 4.06. The van der Waals surface area contributed by atoms with Gasteiger partial charge in [0.05, 0.1) is 0 Å². The van der Waals surface area contributed by atoms with Gasteiger partial charge >= 0.3 is 0 Å². The minimum absolute atomic E-state index is 0.115. The van der Waals surface area contributed by atoms with Crippen LogP contribution in [0.4, 0.5) is 4.39 Å². The van der Waals surface area contributed by atoms with Crippen LogP contribution in [0.3, 0.4) is 0 Å². The van der Waals surface area contributed by atoms with Gasteiger partial charge < -0.3 is 15.5 Å². The zero-order valence-electron chi connectivity index (χ0n) is 12.1. The van der Waals surface area contributed by atoms with E-state index in [1.807, 2.05) is 13.1 Å². The summed E-state index contributed by atoms with van der Waals surface area (Å²) in [4.78, 5) is 4.63. The van der Waals surface area contributed by atoms with E-state index >= 15 is 0 Å². The number of hydrogen-bond donors (Lipinski definition) is 1. The molecule has 1 heterocycles. The molecule has 1 aliphatic rings. The average Bonchev–Trinajstić information content (AvgIpc) is 2.77. The Morgan fingerprint density at radius 1 is 1.55 bits per heavy atom. The van der Waals surface area contributed by atoms with E-state index in [0.29, 0.717) is 23.6 Å². The van der Waals surface area contributed by atoms with Crippen molar-refractivity contribution in [1.82, 2.24) is 9.80 Å². The molecule has 1 saturated heterocycles. The maximum atomic E-state index is 14.3. The van der Waals surface area contributed by atoms with Gasteiger partial charge in [-0.3, -0.25) is 0 Å². The molecule has 2 N–H and O–H groups in total. The number of halogens is 1. The molecule has 0 aromatic heterocycles. The van der Waals surface area contributed by atoms with Crippen LogP contribution in [0.1, 0.15) is 17.5 Å². The molecular weight excluding hydrogens is 273 g/mol. The molecule has 2 rings (SSSR count). The summed E-state index contributed by atoms with van der Waals surface area (Å²) in [5.74, 6) is 0.391. The lowest BCUT2D eigenvalue weighted by Crippen LogP contribution is -2.27. The fourth-order valence-corrected chi connectivity index (χ4v) is 3.02. The molecule has 0 aliphatic carbocycles. The first-order chi connectivity index (χ1) is 9.47. The molecular formula is C15H22FN3S. The topological polar surface area (TPSA) is 32.5 Å². The van der Waals surface area contributed by atoms with Crippen molar-refractivity contribution >= 4 is 17.2 Å². The maximum absolute atomic E-state index is 14.3. The van der Waals surface area contributed by atoms with Crippen molar-refractivity contribution in [2.45, 2.75) is 13.0 Å². The molecule has 0 bridgehead atoms. The molecule has 110 valence electrons. The van der Waals surface area contributed by atoms with Crippen molar-refractivity contribution in [3.05, 3.63) is 35.1 Å². The Morgan fingerprint density at radius 3 is 2.90 bits per heavy atom. The first-order valence-corrected chi connectivity index (χ1v) is 7.32. The number of nitrogens with zero attached hydrogens (tertiary/aromatic N) is 2. The highest BCUT2D eigenvalue weighted by Crippen LogP contribution is 2.18. The molecule has 1 aliphatic heterocycles. The summed E-state index contributed by atoms with van der Waals surface area (Å²) in [5, 5.41) is 0. The summed E-state index contributed by atoms with van der Waals surface area (Å²) in [6.07, 6.45) is 1.22. The van der Waals surface area contributed by atoms with E-state index in [4.69, 9.17) is 18.0 Å². The van der Waals surface area contributed by atoms with Crippen molar-refractivity contribution in [2.24, 2.45) is 11.7 Å². The van der Waals surface area contributed by atoms with Gasteiger partial charge in [0, 0.05) is 30.8 Å². The summed E-state index contributed by atoms with van der Waals surface area (Å²) in [5.41, 5.74) is 6.53. The second kappa shape index (κ2) is 6.61. The molecule has 0 spiro atoms. The van der Waals surface area contributed by atoms with Crippen molar-refractivity contribution in [3.8, 4) is 0 Å². The van der Waals surface area contributed by atoms with Crippen LogP contribution in [0.15, 0.2) is 18.2 Å². The van der Waals surface area contributed by atoms with Gasteiger partial charge in [0.2, 0.25) is 0 Å². The first kappa shape index (κ1) is 15.4. The standard InChI is InChI=1S/C15H22FN3S/c1-18-7-6-11(8-18)9-19(2)10-12-4-3-5-13(14(12)16)15(17)20/h3-5,11H,6-10H2,1-2H3,(H2,17,20). The Bertz CT molecular complexity index is 492. The fraction of sp³-hybridized carbons (Fsp3) is 0.533. The van der Waals surface area contributed by atoms with Crippen molar-refractivity contribution in [1.29, 1.82) is 0 Å². The molecule has 3 nitrogen and oxygen atoms in total. The van der Waals surface area contributed by atoms with E-state index in [0.717, 1.165) is 19.6 Å². The Hall–Kier alpha value is -1.04. The minimum Gasteiger partial charge on any atom is -0.389 e. The van der Waals surface area contributed by atoms with Crippen LogP contribution in [0, 0.1) is 11.7 Å². The zero-order valence-corrected chi connectivity index (χ0v) is 12.9. The lowest BCUT2D eigenvalue weighted by atomic mass is 10.1. The van der Waals surface area contributed by atoms with Gasteiger partial charge in [-0.2, -0.15) is 0 Å². The van der Waals surface area contributed by atoms with Gasteiger partial charge in [0.1, 0.15) is 10.8 Å². The molecule has 1 fully saturated rings. The van der Waals surface area contributed by atoms with E-state index in [1.54, 1.807) is 12.1 Å². The van der Waals surface area contributed by atoms with Crippen LogP contribution in [0.5, 0.6) is 0 Å². The minimum atomic E-state index is -0.282. The van der Waals surface area contributed by atoms with E-state index in [-0.39, 0.29) is 10.8 Å². The number of likely N-dealkylation sites (tertiary alicyclic amines) is 1. The summed E-state index contributed by atoms with van der Waals surface area (Å²) < 4.78 is 14.3. The highest BCUT2D eigenvalue weighted by Gasteiger charge is 2.21. The largest absolute Gasteiger partial charge is 0.389 e. The van der Waals surface area contributed by atoms with Gasteiger partial charge in [-0.25, -0.2) is 4.39 Å². The Morgan fingerprint density at radius 2 is 2.30 bits per heavy atom. The average molecular weight is 295 g/mol. The van der Waals surface area contributed by atoms with Crippen LogP contribution in [-0.4, -0.2) is 48.5 Å². The Labute approximate surface area is 125 Å². The summed E-state index contributed by atoms with van der Waals surface area (Å²) in [6.45, 7) is 3.85. The van der Waals surface area contributed by atoms with Gasteiger partial charge in [-0.15, -0.1) is 0 Å². The lowest BCUT2D eigenvalue weighted by Gasteiger charge is -2.21. The van der Waals surface area contributed by atoms with Gasteiger partial charge in [0.25, 0.3) is 0 Å². The van der Waals surface area contributed by atoms with Crippen LogP contribution in [-0.2, 0) is 6.54 Å². The quantitative estimate of drug-likeness (QED) is 0.840. The normalized spacial score (nSPS) is 19.7. The van der Waals surface area contributed by atoms with Gasteiger partial charge in [-0.05, 0) is 39.0 Å². The molecule has 1 unspecified atom stereocenters. The Kier molecular flexibility index (Phi) is 5.07. The predicted octanol–water partition coefficient (Wildman–Crippen LogP) is 1.84. The van der Waals surface area contributed by atoms with E-state index < -0.39 is 0 Å². The zero-order chi connectivity index (χ0) is 14.7. The molecule has 0 radical (unpaired) electrons. The number of thiocarbonyl (C=S) groups is 1. The third kappa shape index (κ3) is 3.75. The lowest BCUT2D eigenvalue weighted by molar-refractivity contribution is 0.264. The van der Waals surface area contributed by atoms with E-state index in [9.17, 15) is 4.39 Å². The van der Waals surface area contributed by atoms with Crippen LogP contribution >= 0.6 is 12.2 Å². The molecule has 0 amide bonds. The monoisotopic (exact) mass is 295 g/mol. The van der Waals surface area contributed by atoms with Crippen molar-refractivity contribution in [2.75, 3.05) is 33.7 Å². The predicted molar refractivity (Wildman–Crippen MR) is 84.2 cm³/mol. The highest BCUT2D eigenvalue weighted by molar-refractivity contribution is 7.80. The summed E-state index contributed by atoms with van der Waals surface area (Å²) >= 11 is 4.87. The second-order valence-electron chi connectivity index (χ2n) is 5.76. The first-order valence-electron chi connectivity index (χ1n) is 6.91. The van der Waals surface area contributed by atoms with Gasteiger partial charge in [0.15, 0.2) is 0 Å². The molecule has 20 heavy (non-hydrogen) atoms. The number of hydrogen-bond acceptors (Lipinski definition) is 3. The Balaban J connectivity index is 1.99. The van der Waals surface area contributed by atoms with E-state index in [2.05, 4.69) is 16.8 Å². The smallest absolute Gasteiger partial charge is 0.137 e. The molecule has 1 aromatic carbocycles. The van der Waals surface area contributed by atoms with Crippen molar-refractivity contribution in [3.63, 3.8) is 0 Å². The molecule has 0 saturated carbocycles. The molecule has 1 aromatic rings. The number of benzene rings is 1. The van der Waals surface area contributed by atoms with Crippen LogP contribution < -0.4 is 5.73 Å². The van der Waals surface area contributed by atoms with Crippen LogP contribution in [0.2, 0.25) is 0 Å². The highest BCUT2D eigenvalue weighted by atomic mass is 32.1. The summed E-state index contributed by atoms with van der Waals surface area (Å²) in [6, 6.07) is 5.24. The fourth-order valence-electron chi connectivity index (χ4n) is 2.86.